The van der Waals surface area contributed by atoms with Gasteiger partial charge >= 0.3 is 0 Å². The van der Waals surface area contributed by atoms with E-state index in [9.17, 15) is 14.9 Å². The number of benzene rings is 2. The number of methoxy groups -OCH3 is 1. The lowest BCUT2D eigenvalue weighted by Crippen LogP contribution is -2.25. The second kappa shape index (κ2) is 9.69. The van der Waals surface area contributed by atoms with Crippen LogP contribution in [0.15, 0.2) is 42.5 Å². The third kappa shape index (κ3) is 5.17. The fourth-order valence-corrected chi connectivity index (χ4v) is 3.25. The van der Waals surface area contributed by atoms with Gasteiger partial charge in [0.05, 0.1) is 52.7 Å². The zero-order valence-corrected chi connectivity index (χ0v) is 18.8. The Morgan fingerprint density at radius 2 is 1.94 bits per heavy atom. The third-order valence-electron chi connectivity index (χ3n) is 4.85. The minimum atomic E-state index is -0.550. The number of halogens is 1. The number of anilines is 1. The summed E-state index contributed by atoms with van der Waals surface area (Å²) in [4.78, 5) is 23.6. The van der Waals surface area contributed by atoms with Gasteiger partial charge in [0.1, 0.15) is 5.75 Å². The Hall–Kier alpha value is -3.59. The molecule has 1 heterocycles. The number of non-ortho nitro benzene ring substituents is 1. The van der Waals surface area contributed by atoms with Gasteiger partial charge < -0.3 is 14.8 Å². The van der Waals surface area contributed by atoms with Gasteiger partial charge in [-0.25, -0.2) is 0 Å². The van der Waals surface area contributed by atoms with Gasteiger partial charge in [-0.05, 0) is 26.0 Å². The number of aromatic nitrogens is 2. The summed E-state index contributed by atoms with van der Waals surface area (Å²) in [6, 6.07) is 11.0. The van der Waals surface area contributed by atoms with Crippen LogP contribution in [0.3, 0.4) is 0 Å². The van der Waals surface area contributed by atoms with Crippen molar-refractivity contribution in [3.05, 3.63) is 69.0 Å². The van der Waals surface area contributed by atoms with Crippen LogP contribution >= 0.6 is 11.6 Å². The molecule has 168 valence electrons. The van der Waals surface area contributed by atoms with Crippen LogP contribution in [0.5, 0.6) is 17.2 Å². The molecule has 1 N–H and O–H groups in total. The first kappa shape index (κ1) is 23.1. The maximum Gasteiger partial charge on any atom is 0.275 e. The molecule has 0 aliphatic heterocycles. The first-order chi connectivity index (χ1) is 15.2. The molecule has 0 spiro atoms. The monoisotopic (exact) mass is 458 g/mol. The average molecular weight is 459 g/mol. The minimum absolute atomic E-state index is 0.192. The van der Waals surface area contributed by atoms with E-state index in [-0.39, 0.29) is 23.0 Å². The molecule has 0 radical (unpaired) electrons. The molecule has 3 aromatic rings. The van der Waals surface area contributed by atoms with Crippen LogP contribution in [0.2, 0.25) is 5.02 Å². The molecule has 0 aliphatic carbocycles. The highest BCUT2D eigenvalue weighted by atomic mass is 35.5. The van der Waals surface area contributed by atoms with Crippen LogP contribution < -0.4 is 14.8 Å². The number of aryl methyl sites for hydroxylation is 1. The molecule has 9 nitrogen and oxygen atoms in total. The number of ether oxygens (including phenoxy) is 2. The predicted octanol–water partition coefficient (Wildman–Crippen LogP) is 5.14. The van der Waals surface area contributed by atoms with Gasteiger partial charge in [0.25, 0.3) is 5.69 Å². The van der Waals surface area contributed by atoms with Gasteiger partial charge in [-0.2, -0.15) is 5.10 Å². The van der Waals surface area contributed by atoms with E-state index in [0.717, 1.165) is 5.69 Å². The smallest absolute Gasteiger partial charge is 0.275 e. The van der Waals surface area contributed by atoms with Crippen LogP contribution in [0.4, 0.5) is 11.4 Å². The molecular formula is C22H23ClN4O5. The lowest BCUT2D eigenvalue weighted by Gasteiger charge is -2.15. The van der Waals surface area contributed by atoms with Crippen LogP contribution in [0, 0.1) is 29.9 Å². The molecule has 1 unspecified atom stereocenters. The van der Waals surface area contributed by atoms with Crippen LogP contribution in [0.25, 0.3) is 0 Å². The van der Waals surface area contributed by atoms with Crippen molar-refractivity contribution >= 4 is 28.9 Å². The number of amides is 1. The lowest BCUT2D eigenvalue weighted by atomic mass is 10.1. The van der Waals surface area contributed by atoms with Crippen LogP contribution in [-0.4, -0.2) is 27.7 Å². The molecule has 2 aromatic carbocycles. The maximum atomic E-state index is 12.8. The van der Waals surface area contributed by atoms with Gasteiger partial charge in [-0.3, -0.25) is 19.6 Å². The van der Waals surface area contributed by atoms with E-state index in [0.29, 0.717) is 28.8 Å². The normalized spacial score (nSPS) is 11.7. The van der Waals surface area contributed by atoms with Crippen LogP contribution in [0.1, 0.15) is 18.3 Å². The molecule has 1 aromatic heterocycles. The Morgan fingerprint density at radius 1 is 1.25 bits per heavy atom. The predicted molar refractivity (Wildman–Crippen MR) is 121 cm³/mol. The lowest BCUT2D eigenvalue weighted by molar-refractivity contribution is -0.384. The van der Waals surface area contributed by atoms with E-state index in [2.05, 4.69) is 10.4 Å². The number of nitro benzene ring substituents is 1. The van der Waals surface area contributed by atoms with Crippen molar-refractivity contribution in [2.75, 3.05) is 12.4 Å². The van der Waals surface area contributed by atoms with Crippen LogP contribution in [-0.2, 0) is 11.3 Å². The van der Waals surface area contributed by atoms with Crippen molar-refractivity contribution in [3.8, 4) is 17.2 Å². The number of carbonyl (C=O) groups excluding carboxylic acids is 1. The summed E-state index contributed by atoms with van der Waals surface area (Å²) in [5.74, 6) is 0.264. The van der Waals surface area contributed by atoms with Crippen molar-refractivity contribution < 1.29 is 19.2 Å². The molecule has 0 fully saturated rings. The second-order valence-electron chi connectivity index (χ2n) is 7.28. The highest BCUT2D eigenvalue weighted by Crippen LogP contribution is 2.34. The van der Waals surface area contributed by atoms with Crippen molar-refractivity contribution in [1.82, 2.24) is 9.78 Å². The Balaban J connectivity index is 1.81. The largest absolute Gasteiger partial charge is 0.493 e. The Kier molecular flexibility index (Phi) is 6.99. The summed E-state index contributed by atoms with van der Waals surface area (Å²) in [6.45, 7) is 5.67. The summed E-state index contributed by atoms with van der Waals surface area (Å²) in [7, 11) is 1.50. The molecule has 0 saturated heterocycles. The molecule has 10 heteroatoms. The standard InChI is InChI=1S/C22H23ClN4O5/c1-13(12-26-15(3)21(23)14(2)25-26)22(28)24-16-9-17(27(29)30)11-18(10-16)32-20-8-6-5-7-19(20)31-4/h5-11,13H,12H2,1-4H3,(H,24,28). The maximum absolute atomic E-state index is 12.8. The number of nitro groups is 1. The highest BCUT2D eigenvalue weighted by Gasteiger charge is 2.20. The summed E-state index contributed by atoms with van der Waals surface area (Å²) >= 11 is 6.17. The van der Waals surface area contributed by atoms with Gasteiger partial charge in [0.15, 0.2) is 11.5 Å². The second-order valence-corrected chi connectivity index (χ2v) is 7.66. The van der Waals surface area contributed by atoms with Gasteiger partial charge in [-0.1, -0.05) is 30.7 Å². The molecule has 0 aliphatic rings. The Bertz CT molecular complexity index is 1160. The average Bonchev–Trinajstić information content (AvgIpc) is 3.00. The summed E-state index contributed by atoms with van der Waals surface area (Å²) in [5.41, 5.74) is 1.48. The summed E-state index contributed by atoms with van der Waals surface area (Å²) in [5, 5.41) is 19.0. The number of carbonyl (C=O) groups is 1. The van der Waals surface area contributed by atoms with E-state index in [1.54, 1.807) is 42.8 Å². The van der Waals surface area contributed by atoms with E-state index in [1.165, 1.54) is 25.3 Å². The van der Waals surface area contributed by atoms with Gasteiger partial charge in [0.2, 0.25) is 5.91 Å². The summed E-state index contributed by atoms with van der Waals surface area (Å²) < 4.78 is 12.7. The van der Waals surface area contributed by atoms with E-state index >= 15 is 0 Å². The van der Waals surface area contributed by atoms with Crippen molar-refractivity contribution in [1.29, 1.82) is 0 Å². The molecule has 32 heavy (non-hydrogen) atoms. The number of nitrogens with one attached hydrogen (secondary N) is 1. The SMILES string of the molecule is COc1ccccc1Oc1cc(NC(=O)C(C)Cn2nc(C)c(Cl)c2C)cc([N+](=O)[O-])c1. The molecule has 1 atom stereocenters. The first-order valence-electron chi connectivity index (χ1n) is 9.80. The van der Waals surface area contributed by atoms with E-state index in [1.807, 2.05) is 6.92 Å². The summed E-state index contributed by atoms with van der Waals surface area (Å²) in [6.07, 6.45) is 0. The third-order valence-corrected chi connectivity index (χ3v) is 5.40. The molecule has 3 rings (SSSR count). The number of para-hydroxylation sites is 2. The van der Waals surface area contributed by atoms with E-state index < -0.39 is 10.8 Å². The molecular weight excluding hydrogens is 436 g/mol. The molecule has 1 amide bonds. The number of rotatable bonds is 8. The highest BCUT2D eigenvalue weighted by molar-refractivity contribution is 6.31. The van der Waals surface area contributed by atoms with Gasteiger partial charge in [-0.15, -0.1) is 0 Å². The number of nitrogens with zero attached hydrogens (tertiary/aromatic N) is 3. The number of hydrogen-bond donors (Lipinski definition) is 1. The minimum Gasteiger partial charge on any atom is -0.493 e. The fourth-order valence-electron chi connectivity index (χ4n) is 3.11. The Morgan fingerprint density at radius 3 is 2.53 bits per heavy atom. The van der Waals surface area contributed by atoms with E-state index in [4.69, 9.17) is 21.1 Å². The first-order valence-corrected chi connectivity index (χ1v) is 10.2. The zero-order chi connectivity index (χ0) is 23.4. The van der Waals surface area contributed by atoms with Crippen molar-refractivity contribution in [2.24, 2.45) is 5.92 Å². The topological polar surface area (TPSA) is 109 Å². The van der Waals surface area contributed by atoms with Crippen molar-refractivity contribution in [2.45, 2.75) is 27.3 Å². The number of hydrogen-bond acceptors (Lipinski definition) is 6. The zero-order valence-electron chi connectivity index (χ0n) is 18.1. The Labute approximate surface area is 190 Å². The van der Waals surface area contributed by atoms with Gasteiger partial charge in [0, 0.05) is 12.1 Å². The quantitative estimate of drug-likeness (QED) is 0.370. The molecule has 0 saturated carbocycles. The molecule has 0 bridgehead atoms. The van der Waals surface area contributed by atoms with Crippen molar-refractivity contribution in [3.63, 3.8) is 0 Å². The fraction of sp³-hybridized carbons (Fsp3) is 0.273.